The molecule has 1 saturated heterocycles. The second-order valence-electron chi connectivity index (χ2n) is 7.08. The predicted molar refractivity (Wildman–Crippen MR) is 137 cm³/mol. The van der Waals surface area contributed by atoms with Gasteiger partial charge in [0.25, 0.3) is 0 Å². The quantitative estimate of drug-likeness (QED) is 0.265. The standard InChI is InChI=1S/C23H33N5O3.HI/c1-3-24-23(26-11-12-28-13-15-29-16-14-28)27-18-19-9-10-25-22(17-19)31-21-7-5-20(6-8-21)30-4-2;/h5-10,17H,3-4,11-16,18H2,1-2H3,(H2,24,26,27);1H. The lowest BCUT2D eigenvalue weighted by molar-refractivity contribution is 0.0389. The highest BCUT2D eigenvalue weighted by Crippen LogP contribution is 2.23. The zero-order chi connectivity index (χ0) is 21.7. The smallest absolute Gasteiger partial charge is 0.219 e. The van der Waals surface area contributed by atoms with E-state index in [-0.39, 0.29) is 24.0 Å². The third-order valence-corrected chi connectivity index (χ3v) is 4.74. The summed E-state index contributed by atoms with van der Waals surface area (Å²) in [6.07, 6.45) is 1.74. The van der Waals surface area contributed by atoms with Crippen molar-refractivity contribution < 1.29 is 14.2 Å². The van der Waals surface area contributed by atoms with Crippen LogP contribution in [0.4, 0.5) is 0 Å². The second kappa shape index (κ2) is 14.9. The van der Waals surface area contributed by atoms with Crippen molar-refractivity contribution in [3.8, 4) is 17.4 Å². The minimum Gasteiger partial charge on any atom is -0.494 e. The van der Waals surface area contributed by atoms with Gasteiger partial charge >= 0.3 is 0 Å². The van der Waals surface area contributed by atoms with E-state index in [0.29, 0.717) is 19.0 Å². The van der Waals surface area contributed by atoms with Gasteiger partial charge in [-0.2, -0.15) is 0 Å². The van der Waals surface area contributed by atoms with Crippen molar-refractivity contribution in [2.24, 2.45) is 4.99 Å². The van der Waals surface area contributed by atoms with Crippen LogP contribution >= 0.6 is 24.0 Å². The molecule has 0 unspecified atom stereocenters. The molecule has 2 aromatic rings. The van der Waals surface area contributed by atoms with Crippen LogP contribution in [0.15, 0.2) is 47.6 Å². The first-order valence-electron chi connectivity index (χ1n) is 10.9. The van der Waals surface area contributed by atoms with Crippen LogP contribution in [-0.2, 0) is 11.3 Å². The summed E-state index contributed by atoms with van der Waals surface area (Å²) in [5, 5.41) is 6.70. The molecular weight excluding hydrogens is 521 g/mol. The minimum absolute atomic E-state index is 0. The number of hydrogen-bond donors (Lipinski definition) is 2. The van der Waals surface area contributed by atoms with E-state index >= 15 is 0 Å². The average Bonchev–Trinajstić information content (AvgIpc) is 2.80. The van der Waals surface area contributed by atoms with Gasteiger partial charge in [-0.15, -0.1) is 24.0 Å². The number of pyridine rings is 1. The fraction of sp³-hybridized carbons (Fsp3) is 0.478. The molecule has 0 atom stereocenters. The molecular formula is C23H34IN5O3. The zero-order valence-electron chi connectivity index (χ0n) is 18.9. The van der Waals surface area contributed by atoms with E-state index in [0.717, 1.165) is 69.0 Å². The first-order valence-corrected chi connectivity index (χ1v) is 10.9. The molecule has 3 rings (SSSR count). The van der Waals surface area contributed by atoms with Gasteiger partial charge in [-0.25, -0.2) is 9.98 Å². The Balaban J connectivity index is 0.00000363. The number of nitrogens with one attached hydrogen (secondary N) is 2. The number of hydrogen-bond acceptors (Lipinski definition) is 6. The Labute approximate surface area is 207 Å². The molecule has 9 heteroatoms. The van der Waals surface area contributed by atoms with Gasteiger partial charge in [0.05, 0.1) is 26.4 Å². The molecule has 1 aromatic heterocycles. The van der Waals surface area contributed by atoms with E-state index in [1.165, 1.54) is 0 Å². The van der Waals surface area contributed by atoms with Crippen LogP contribution in [0.25, 0.3) is 0 Å². The summed E-state index contributed by atoms with van der Waals surface area (Å²) in [7, 11) is 0. The summed E-state index contributed by atoms with van der Waals surface area (Å²) in [4.78, 5) is 11.4. The van der Waals surface area contributed by atoms with Crippen LogP contribution in [0.5, 0.6) is 17.4 Å². The van der Waals surface area contributed by atoms with Crippen LogP contribution in [0, 0.1) is 0 Å². The van der Waals surface area contributed by atoms with Crippen molar-refractivity contribution in [3.63, 3.8) is 0 Å². The Hall–Kier alpha value is -2.11. The number of aromatic nitrogens is 1. The normalized spacial score (nSPS) is 14.4. The van der Waals surface area contributed by atoms with Crippen LogP contribution in [0.1, 0.15) is 19.4 Å². The van der Waals surface area contributed by atoms with Crippen molar-refractivity contribution in [2.45, 2.75) is 20.4 Å². The van der Waals surface area contributed by atoms with E-state index in [2.05, 4.69) is 27.4 Å². The Bertz CT molecular complexity index is 814. The first kappa shape index (κ1) is 26.1. The highest BCUT2D eigenvalue weighted by atomic mass is 127. The monoisotopic (exact) mass is 555 g/mol. The van der Waals surface area contributed by atoms with Crippen LogP contribution < -0.4 is 20.1 Å². The van der Waals surface area contributed by atoms with Crippen LogP contribution in [-0.4, -0.2) is 68.4 Å². The Morgan fingerprint density at radius 2 is 1.84 bits per heavy atom. The predicted octanol–water partition coefficient (Wildman–Crippen LogP) is 3.28. The first-order chi connectivity index (χ1) is 15.3. The summed E-state index contributed by atoms with van der Waals surface area (Å²) in [6, 6.07) is 11.4. The average molecular weight is 555 g/mol. The topological polar surface area (TPSA) is 80.2 Å². The van der Waals surface area contributed by atoms with Gasteiger partial charge < -0.3 is 24.8 Å². The molecule has 1 aromatic carbocycles. The largest absolute Gasteiger partial charge is 0.494 e. The summed E-state index contributed by atoms with van der Waals surface area (Å²) in [6.45, 7) is 11.4. The molecule has 0 spiro atoms. The number of nitrogens with zero attached hydrogens (tertiary/aromatic N) is 3. The van der Waals surface area contributed by atoms with Crippen molar-refractivity contribution in [1.82, 2.24) is 20.5 Å². The van der Waals surface area contributed by atoms with E-state index in [9.17, 15) is 0 Å². The van der Waals surface area contributed by atoms with Crippen molar-refractivity contribution in [2.75, 3.05) is 52.5 Å². The van der Waals surface area contributed by atoms with Crippen LogP contribution in [0.2, 0.25) is 0 Å². The number of halogens is 1. The third kappa shape index (κ3) is 9.17. The lowest BCUT2D eigenvalue weighted by atomic mass is 10.2. The highest BCUT2D eigenvalue weighted by molar-refractivity contribution is 14.0. The van der Waals surface area contributed by atoms with E-state index in [4.69, 9.17) is 19.2 Å². The molecule has 0 bridgehead atoms. The van der Waals surface area contributed by atoms with Gasteiger partial charge in [0.15, 0.2) is 5.96 Å². The van der Waals surface area contributed by atoms with E-state index in [1.54, 1.807) is 6.20 Å². The zero-order valence-corrected chi connectivity index (χ0v) is 21.2. The number of morpholine rings is 1. The molecule has 0 aliphatic carbocycles. The van der Waals surface area contributed by atoms with Gasteiger partial charge in [0.1, 0.15) is 11.5 Å². The Morgan fingerprint density at radius 3 is 2.56 bits per heavy atom. The summed E-state index contributed by atoms with van der Waals surface area (Å²) < 4.78 is 16.7. The molecule has 0 saturated carbocycles. The van der Waals surface area contributed by atoms with Crippen molar-refractivity contribution in [1.29, 1.82) is 0 Å². The summed E-state index contributed by atoms with van der Waals surface area (Å²) in [5.41, 5.74) is 1.03. The van der Waals surface area contributed by atoms with Gasteiger partial charge in [-0.3, -0.25) is 4.90 Å². The number of benzene rings is 1. The molecule has 0 radical (unpaired) electrons. The number of aliphatic imine (C=N–C) groups is 1. The molecule has 1 fully saturated rings. The fourth-order valence-corrected chi connectivity index (χ4v) is 3.17. The molecule has 2 heterocycles. The van der Waals surface area contributed by atoms with Gasteiger partial charge in [0, 0.05) is 45.0 Å². The van der Waals surface area contributed by atoms with E-state index in [1.807, 2.05) is 43.3 Å². The van der Waals surface area contributed by atoms with Gasteiger partial charge in [-0.05, 0) is 49.7 Å². The molecule has 32 heavy (non-hydrogen) atoms. The minimum atomic E-state index is 0. The maximum absolute atomic E-state index is 5.88. The SMILES string of the molecule is CCNC(=NCc1ccnc(Oc2ccc(OCC)cc2)c1)NCCN1CCOCC1.I. The lowest BCUT2D eigenvalue weighted by Gasteiger charge is -2.26. The molecule has 0 amide bonds. The van der Waals surface area contributed by atoms with Gasteiger partial charge in [0.2, 0.25) is 5.88 Å². The molecule has 1 aliphatic rings. The summed E-state index contributed by atoms with van der Waals surface area (Å²) >= 11 is 0. The number of rotatable bonds is 10. The van der Waals surface area contributed by atoms with Crippen LogP contribution in [0.3, 0.4) is 0 Å². The fourth-order valence-electron chi connectivity index (χ4n) is 3.17. The van der Waals surface area contributed by atoms with Crippen molar-refractivity contribution in [3.05, 3.63) is 48.2 Å². The van der Waals surface area contributed by atoms with Crippen molar-refractivity contribution >= 4 is 29.9 Å². The number of guanidine groups is 1. The summed E-state index contributed by atoms with van der Waals surface area (Å²) in [5.74, 6) is 2.89. The molecule has 8 nitrogen and oxygen atoms in total. The van der Waals surface area contributed by atoms with Gasteiger partial charge in [-0.1, -0.05) is 0 Å². The molecule has 2 N–H and O–H groups in total. The highest BCUT2D eigenvalue weighted by Gasteiger charge is 2.09. The number of ether oxygens (including phenoxy) is 3. The third-order valence-electron chi connectivity index (χ3n) is 4.74. The lowest BCUT2D eigenvalue weighted by Crippen LogP contribution is -2.44. The maximum atomic E-state index is 5.88. The van der Waals surface area contributed by atoms with E-state index < -0.39 is 0 Å². The molecule has 176 valence electrons. The molecule has 1 aliphatic heterocycles. The second-order valence-corrected chi connectivity index (χ2v) is 7.08. The Morgan fingerprint density at radius 1 is 1.09 bits per heavy atom. The Kier molecular flexibility index (Phi) is 12.1. The maximum Gasteiger partial charge on any atom is 0.219 e.